The number of halogens is 2. The Kier molecular flexibility index (Phi) is 4.55. The maximum Gasteiger partial charge on any atom is 0.280 e. The van der Waals surface area contributed by atoms with E-state index in [1.165, 1.54) is 0 Å². The van der Waals surface area contributed by atoms with Crippen LogP contribution in [0.2, 0.25) is 5.02 Å². The predicted octanol–water partition coefficient (Wildman–Crippen LogP) is 1.18. The zero-order valence-electron chi connectivity index (χ0n) is 12.9. The van der Waals surface area contributed by atoms with Crippen molar-refractivity contribution in [2.45, 2.75) is 14.7 Å². The average Bonchev–Trinajstić information content (AvgIpc) is 2.53. The Morgan fingerprint density at radius 1 is 1.07 bits per heavy atom. The van der Waals surface area contributed by atoms with Gasteiger partial charge in [-0.15, -0.1) is 3.71 Å². The molecule has 144 valence electrons. The molecule has 1 heterocycles. The van der Waals surface area contributed by atoms with Crippen molar-refractivity contribution in [1.82, 2.24) is 3.71 Å². The molecule has 2 N–H and O–H groups in total. The minimum Gasteiger partial charge on any atom is -0.236 e. The van der Waals surface area contributed by atoms with E-state index >= 15 is 0 Å². The highest BCUT2D eigenvalue weighted by molar-refractivity contribution is 8.05. The van der Waals surface area contributed by atoms with E-state index in [1.807, 2.05) is 0 Å². The van der Waals surface area contributed by atoms with Crippen LogP contribution in [-0.2, 0) is 30.1 Å². The number of nitrogens with two attached hydrogens (primary N) is 1. The Balaban J connectivity index is 2.22. The monoisotopic (exact) mass is 453 g/mol. The first-order chi connectivity index (χ1) is 12.3. The maximum atomic E-state index is 13.0. The van der Waals surface area contributed by atoms with Crippen molar-refractivity contribution in [2.75, 3.05) is 0 Å². The van der Waals surface area contributed by atoms with Crippen molar-refractivity contribution in [3.8, 4) is 0 Å². The summed E-state index contributed by atoms with van der Waals surface area (Å²) in [5.41, 5.74) is -0.266. The van der Waals surface area contributed by atoms with Crippen molar-refractivity contribution in [3.63, 3.8) is 0 Å². The van der Waals surface area contributed by atoms with Gasteiger partial charge in [0.2, 0.25) is 10.0 Å². The van der Waals surface area contributed by atoms with Crippen molar-refractivity contribution < 1.29 is 29.6 Å². The molecule has 2 aromatic rings. The number of hydrogen-bond donors (Lipinski definition) is 1. The largest absolute Gasteiger partial charge is 0.280 e. The number of primary sulfonamides is 1. The number of rotatable bonds is 3. The number of sulfonamides is 3. The van der Waals surface area contributed by atoms with Gasteiger partial charge in [0.05, 0.1) is 15.6 Å². The number of nitrogens with zero attached hydrogens (tertiary/aromatic N) is 2. The molecule has 0 radical (unpaired) electrons. The van der Waals surface area contributed by atoms with Gasteiger partial charge in [-0.3, -0.25) is 0 Å². The highest BCUT2D eigenvalue weighted by Crippen LogP contribution is 2.38. The summed E-state index contributed by atoms with van der Waals surface area (Å²) in [6, 6.07) is 5.00. The van der Waals surface area contributed by atoms with Crippen LogP contribution in [0.25, 0.3) is 0 Å². The summed E-state index contributed by atoms with van der Waals surface area (Å²) in [6.07, 6.45) is 0.531. The first-order valence-electron chi connectivity index (χ1n) is 6.81. The van der Waals surface area contributed by atoms with Gasteiger partial charge in [-0.1, -0.05) is 11.6 Å². The summed E-state index contributed by atoms with van der Waals surface area (Å²) in [4.78, 5) is 1.78. The van der Waals surface area contributed by atoms with Crippen molar-refractivity contribution in [1.29, 1.82) is 0 Å². The van der Waals surface area contributed by atoms with E-state index in [0.717, 1.165) is 30.3 Å². The molecule has 0 fully saturated rings. The smallest absolute Gasteiger partial charge is 0.236 e. The summed E-state index contributed by atoms with van der Waals surface area (Å²) in [5, 5.41) is 4.62. The molecule has 0 unspecified atom stereocenters. The quantitative estimate of drug-likeness (QED) is 0.738. The van der Waals surface area contributed by atoms with Gasteiger partial charge in [0.1, 0.15) is 21.9 Å². The Labute approximate surface area is 159 Å². The highest BCUT2D eigenvalue weighted by atomic mass is 35.5. The fraction of sp³-hybridized carbons (Fsp3) is 0. The number of hydrogen-bond acceptors (Lipinski definition) is 7. The van der Waals surface area contributed by atoms with Gasteiger partial charge < -0.3 is 0 Å². The topological polar surface area (TPSA) is 144 Å². The first-order valence-corrected chi connectivity index (χ1v) is 11.6. The molecule has 0 atom stereocenters. The molecule has 0 aromatic heterocycles. The SMILES string of the molecule is NS(=O)(=O)c1cc2c(cc1Cl)N=CN(S(=O)(=O)c1ccc(F)cc1)S2(=O)=O. The summed E-state index contributed by atoms with van der Waals surface area (Å²) < 4.78 is 87.0. The lowest BCUT2D eigenvalue weighted by Crippen LogP contribution is -2.37. The van der Waals surface area contributed by atoms with Gasteiger partial charge in [-0.05, 0) is 36.4 Å². The summed E-state index contributed by atoms with van der Waals surface area (Å²) in [6.45, 7) is 0. The Morgan fingerprint density at radius 3 is 2.22 bits per heavy atom. The fourth-order valence-corrected chi connectivity index (χ4v) is 6.79. The zero-order chi connectivity index (χ0) is 20.2. The van der Waals surface area contributed by atoms with E-state index in [4.69, 9.17) is 16.7 Å². The van der Waals surface area contributed by atoms with Crippen LogP contribution in [0.3, 0.4) is 0 Å². The Morgan fingerprint density at radius 2 is 1.67 bits per heavy atom. The van der Waals surface area contributed by atoms with E-state index < -0.39 is 50.6 Å². The second kappa shape index (κ2) is 6.24. The maximum absolute atomic E-state index is 13.0. The lowest BCUT2D eigenvalue weighted by Gasteiger charge is -2.24. The van der Waals surface area contributed by atoms with Crippen LogP contribution in [-0.4, -0.2) is 35.3 Å². The third kappa shape index (κ3) is 3.32. The van der Waals surface area contributed by atoms with Gasteiger partial charge >= 0.3 is 0 Å². The molecule has 0 saturated heterocycles. The first kappa shape index (κ1) is 19.7. The normalized spacial score (nSPS) is 16.2. The number of aliphatic imine (C=N–C) groups is 1. The van der Waals surface area contributed by atoms with Crippen LogP contribution in [0.4, 0.5) is 10.1 Å². The van der Waals surface area contributed by atoms with E-state index in [1.54, 1.807) is 0 Å². The Bertz CT molecular complexity index is 1290. The second-order valence-corrected chi connectivity index (χ2v) is 11.0. The van der Waals surface area contributed by atoms with Crippen LogP contribution in [0, 0.1) is 5.82 Å². The summed E-state index contributed by atoms with van der Waals surface area (Å²) >= 11 is 5.78. The molecular formula is C13H9ClFN3O6S3. The van der Waals surface area contributed by atoms with E-state index in [-0.39, 0.29) is 14.4 Å². The molecule has 9 nitrogen and oxygen atoms in total. The third-order valence-corrected chi connectivity index (χ3v) is 8.91. The van der Waals surface area contributed by atoms with Crippen molar-refractivity contribution in [2.24, 2.45) is 10.1 Å². The van der Waals surface area contributed by atoms with Gasteiger partial charge in [0, 0.05) is 0 Å². The summed E-state index contributed by atoms with van der Waals surface area (Å²) in [5.74, 6) is -0.720. The minimum absolute atomic E-state index is 0.0452. The predicted molar refractivity (Wildman–Crippen MR) is 93.6 cm³/mol. The van der Waals surface area contributed by atoms with Gasteiger partial charge in [0.25, 0.3) is 20.0 Å². The molecular weight excluding hydrogens is 445 g/mol. The average molecular weight is 454 g/mol. The van der Waals surface area contributed by atoms with Gasteiger partial charge in [0.15, 0.2) is 0 Å². The molecule has 27 heavy (non-hydrogen) atoms. The summed E-state index contributed by atoms with van der Waals surface area (Å²) in [7, 11) is -13.8. The lowest BCUT2D eigenvalue weighted by molar-refractivity contribution is 0.546. The highest BCUT2D eigenvalue weighted by Gasteiger charge is 2.39. The number of benzene rings is 2. The van der Waals surface area contributed by atoms with Crippen LogP contribution in [0.5, 0.6) is 0 Å². The molecule has 14 heteroatoms. The van der Waals surface area contributed by atoms with Crippen LogP contribution in [0.15, 0.2) is 56.1 Å². The van der Waals surface area contributed by atoms with Gasteiger partial charge in [-0.2, -0.15) is 16.8 Å². The Hall–Kier alpha value is -2.06. The molecule has 0 spiro atoms. The molecule has 0 saturated carbocycles. The molecule has 0 bridgehead atoms. The third-order valence-electron chi connectivity index (χ3n) is 3.47. The molecule has 2 aromatic carbocycles. The molecule has 0 amide bonds. The van der Waals surface area contributed by atoms with E-state index in [0.29, 0.717) is 12.4 Å². The van der Waals surface area contributed by atoms with Gasteiger partial charge in [-0.25, -0.2) is 22.9 Å². The minimum atomic E-state index is -4.77. The number of fused-ring (bicyclic) bond motifs is 1. The lowest BCUT2D eigenvalue weighted by atomic mass is 10.3. The standard InChI is InChI=1S/C13H9ClFN3O6S3/c14-10-5-11-13(6-12(10)25(16,19)20)27(23,24)18(7-17-11)26(21,22)9-3-1-8(15)2-4-9/h1-7H,(H2,16,19,20). The second-order valence-electron chi connectivity index (χ2n) is 5.23. The van der Waals surface area contributed by atoms with E-state index in [2.05, 4.69) is 4.99 Å². The molecule has 1 aliphatic rings. The molecule has 0 aliphatic carbocycles. The van der Waals surface area contributed by atoms with Crippen molar-refractivity contribution in [3.05, 3.63) is 47.2 Å². The van der Waals surface area contributed by atoms with Crippen LogP contribution in [0.1, 0.15) is 0 Å². The zero-order valence-corrected chi connectivity index (χ0v) is 16.1. The molecule has 1 aliphatic heterocycles. The molecule has 3 rings (SSSR count). The van der Waals surface area contributed by atoms with Crippen LogP contribution >= 0.6 is 11.6 Å². The fourth-order valence-electron chi connectivity index (χ4n) is 2.22. The van der Waals surface area contributed by atoms with Crippen LogP contribution < -0.4 is 5.14 Å². The van der Waals surface area contributed by atoms with Crippen molar-refractivity contribution >= 4 is 53.7 Å². The van der Waals surface area contributed by atoms with E-state index in [9.17, 15) is 29.6 Å².